The first-order chi connectivity index (χ1) is 9.29. The first kappa shape index (κ1) is 15.3. The standard InChI is InChI=1S/C13H16ClNO4S/c1-8-7-10(3-4-12(8)20(14,17)18)15-13(16)11-5-6-19-9(11)2/h3-4,7,9,11H,5-6H2,1-2H3,(H,15,16). The molecule has 0 aromatic heterocycles. The fourth-order valence-corrected chi connectivity index (χ4v) is 3.51. The summed E-state index contributed by atoms with van der Waals surface area (Å²) >= 11 is 0. The molecule has 110 valence electrons. The molecule has 1 aromatic rings. The van der Waals surface area contributed by atoms with E-state index in [0.29, 0.717) is 24.3 Å². The van der Waals surface area contributed by atoms with Crippen LogP contribution in [0.1, 0.15) is 18.9 Å². The van der Waals surface area contributed by atoms with Gasteiger partial charge in [0.1, 0.15) is 0 Å². The molecule has 20 heavy (non-hydrogen) atoms. The van der Waals surface area contributed by atoms with E-state index >= 15 is 0 Å². The van der Waals surface area contributed by atoms with Crippen LogP contribution in [0.4, 0.5) is 5.69 Å². The van der Waals surface area contributed by atoms with Crippen molar-refractivity contribution in [3.8, 4) is 0 Å². The highest BCUT2D eigenvalue weighted by Crippen LogP contribution is 2.25. The number of benzene rings is 1. The molecule has 1 fully saturated rings. The highest BCUT2D eigenvalue weighted by atomic mass is 35.7. The van der Waals surface area contributed by atoms with Gasteiger partial charge in [-0.1, -0.05) is 0 Å². The number of rotatable bonds is 3. The van der Waals surface area contributed by atoms with Crippen molar-refractivity contribution in [1.82, 2.24) is 0 Å². The maximum absolute atomic E-state index is 12.1. The number of halogens is 1. The molecule has 0 saturated carbocycles. The van der Waals surface area contributed by atoms with E-state index in [1.165, 1.54) is 12.1 Å². The van der Waals surface area contributed by atoms with Crippen molar-refractivity contribution in [1.29, 1.82) is 0 Å². The van der Waals surface area contributed by atoms with E-state index in [9.17, 15) is 13.2 Å². The second-order valence-corrected chi connectivity index (χ2v) is 7.41. The second-order valence-electron chi connectivity index (χ2n) is 4.88. The summed E-state index contributed by atoms with van der Waals surface area (Å²) in [7, 11) is 1.55. The fourth-order valence-electron chi connectivity index (χ4n) is 2.31. The van der Waals surface area contributed by atoms with Gasteiger partial charge in [0, 0.05) is 23.0 Å². The lowest BCUT2D eigenvalue weighted by Gasteiger charge is -2.14. The third-order valence-electron chi connectivity index (χ3n) is 3.42. The number of ether oxygens (including phenoxy) is 1. The van der Waals surface area contributed by atoms with Crippen LogP contribution in [0.3, 0.4) is 0 Å². The quantitative estimate of drug-likeness (QED) is 0.868. The molecular weight excluding hydrogens is 302 g/mol. The van der Waals surface area contributed by atoms with Crippen molar-refractivity contribution < 1.29 is 17.9 Å². The first-order valence-corrected chi connectivity index (χ1v) is 8.58. The van der Waals surface area contributed by atoms with Gasteiger partial charge >= 0.3 is 0 Å². The summed E-state index contributed by atoms with van der Waals surface area (Å²) in [6.45, 7) is 4.08. The summed E-state index contributed by atoms with van der Waals surface area (Å²) < 4.78 is 28.0. The SMILES string of the molecule is Cc1cc(NC(=O)C2CCOC2C)ccc1S(=O)(=O)Cl. The Morgan fingerprint density at radius 2 is 2.15 bits per heavy atom. The van der Waals surface area contributed by atoms with E-state index in [1.807, 2.05) is 6.92 Å². The molecule has 1 aliphatic rings. The van der Waals surface area contributed by atoms with Crippen LogP contribution in [0.25, 0.3) is 0 Å². The van der Waals surface area contributed by atoms with Crippen LogP contribution >= 0.6 is 10.7 Å². The van der Waals surface area contributed by atoms with Crippen molar-refractivity contribution in [3.63, 3.8) is 0 Å². The van der Waals surface area contributed by atoms with E-state index in [2.05, 4.69) is 5.32 Å². The van der Waals surface area contributed by atoms with Crippen LogP contribution in [0.5, 0.6) is 0 Å². The van der Waals surface area contributed by atoms with Crippen LogP contribution in [0, 0.1) is 12.8 Å². The van der Waals surface area contributed by atoms with Crippen LogP contribution in [0.2, 0.25) is 0 Å². The molecule has 0 radical (unpaired) electrons. The van der Waals surface area contributed by atoms with E-state index < -0.39 is 9.05 Å². The summed E-state index contributed by atoms with van der Waals surface area (Å²) in [5, 5.41) is 2.78. The van der Waals surface area contributed by atoms with Gasteiger partial charge in [0.25, 0.3) is 9.05 Å². The highest BCUT2D eigenvalue weighted by Gasteiger charge is 2.30. The van der Waals surface area contributed by atoms with Crippen LogP contribution < -0.4 is 5.32 Å². The third-order valence-corrected chi connectivity index (χ3v) is 4.90. The van der Waals surface area contributed by atoms with Gasteiger partial charge in [-0.3, -0.25) is 4.79 Å². The summed E-state index contributed by atoms with van der Waals surface area (Å²) in [5.74, 6) is -0.289. The van der Waals surface area contributed by atoms with Gasteiger partial charge in [-0.25, -0.2) is 8.42 Å². The Kier molecular flexibility index (Phi) is 4.36. The molecule has 0 spiro atoms. The molecule has 7 heteroatoms. The van der Waals surface area contributed by atoms with Gasteiger partial charge in [-0.2, -0.15) is 0 Å². The molecule has 1 aromatic carbocycles. The first-order valence-electron chi connectivity index (χ1n) is 6.27. The van der Waals surface area contributed by atoms with Crippen molar-refractivity contribution in [2.24, 2.45) is 5.92 Å². The van der Waals surface area contributed by atoms with Crippen LogP contribution in [-0.4, -0.2) is 27.0 Å². The van der Waals surface area contributed by atoms with Gasteiger partial charge in [0.05, 0.1) is 16.9 Å². The zero-order chi connectivity index (χ0) is 14.9. The lowest BCUT2D eigenvalue weighted by atomic mass is 10.0. The fraction of sp³-hybridized carbons (Fsp3) is 0.462. The molecule has 5 nitrogen and oxygen atoms in total. The van der Waals surface area contributed by atoms with E-state index in [0.717, 1.165) is 0 Å². The molecular formula is C13H16ClNO4S. The predicted molar refractivity (Wildman–Crippen MR) is 76.4 cm³/mol. The van der Waals surface area contributed by atoms with Gasteiger partial charge in [-0.05, 0) is 44.0 Å². The monoisotopic (exact) mass is 317 g/mol. The smallest absolute Gasteiger partial charge is 0.261 e. The Balaban J connectivity index is 2.15. The molecule has 1 saturated heterocycles. The largest absolute Gasteiger partial charge is 0.378 e. The maximum atomic E-state index is 12.1. The van der Waals surface area contributed by atoms with E-state index in [-0.39, 0.29) is 22.8 Å². The molecule has 1 heterocycles. The predicted octanol–water partition coefficient (Wildman–Crippen LogP) is 2.29. The summed E-state index contributed by atoms with van der Waals surface area (Å²) in [4.78, 5) is 12.1. The molecule has 2 atom stereocenters. The Labute approximate surface area is 122 Å². The number of anilines is 1. The number of carbonyl (C=O) groups excluding carboxylic acids is 1. The average Bonchev–Trinajstić information content (AvgIpc) is 2.73. The Hall–Kier alpha value is -1.11. The normalized spacial score (nSPS) is 22.8. The number of nitrogens with one attached hydrogen (secondary N) is 1. The average molecular weight is 318 g/mol. The number of hydrogen-bond acceptors (Lipinski definition) is 4. The summed E-state index contributed by atoms with van der Waals surface area (Å²) in [6.07, 6.45) is 0.596. The second kappa shape index (κ2) is 5.71. The van der Waals surface area contributed by atoms with Gasteiger partial charge in [0.2, 0.25) is 5.91 Å². The van der Waals surface area contributed by atoms with Crippen LogP contribution in [-0.2, 0) is 18.6 Å². The van der Waals surface area contributed by atoms with Gasteiger partial charge in [-0.15, -0.1) is 0 Å². The van der Waals surface area contributed by atoms with Crippen molar-refractivity contribution in [3.05, 3.63) is 23.8 Å². The number of carbonyl (C=O) groups is 1. The topological polar surface area (TPSA) is 72.5 Å². The minimum atomic E-state index is -3.76. The number of hydrogen-bond donors (Lipinski definition) is 1. The molecule has 0 aliphatic carbocycles. The Morgan fingerprint density at radius 1 is 1.45 bits per heavy atom. The minimum absolute atomic E-state index is 0.0507. The lowest BCUT2D eigenvalue weighted by Crippen LogP contribution is -2.27. The molecule has 0 bridgehead atoms. The van der Waals surface area contributed by atoms with Gasteiger partial charge < -0.3 is 10.1 Å². The maximum Gasteiger partial charge on any atom is 0.261 e. The number of aryl methyl sites for hydroxylation is 1. The highest BCUT2D eigenvalue weighted by molar-refractivity contribution is 8.13. The van der Waals surface area contributed by atoms with E-state index in [1.54, 1.807) is 13.0 Å². The molecule has 1 amide bonds. The molecule has 2 unspecified atom stereocenters. The van der Waals surface area contributed by atoms with E-state index in [4.69, 9.17) is 15.4 Å². The van der Waals surface area contributed by atoms with Crippen molar-refractivity contribution in [2.45, 2.75) is 31.3 Å². The Morgan fingerprint density at radius 3 is 2.65 bits per heavy atom. The lowest BCUT2D eigenvalue weighted by molar-refractivity contribution is -0.121. The molecule has 1 aliphatic heterocycles. The summed E-state index contributed by atoms with van der Waals surface area (Å²) in [5.41, 5.74) is 1.05. The third kappa shape index (κ3) is 3.31. The number of amides is 1. The van der Waals surface area contributed by atoms with Crippen LogP contribution in [0.15, 0.2) is 23.1 Å². The summed E-state index contributed by atoms with van der Waals surface area (Å²) in [6, 6.07) is 4.51. The molecule has 2 rings (SSSR count). The van der Waals surface area contributed by atoms with Crippen molar-refractivity contribution >= 4 is 31.3 Å². The molecule has 1 N–H and O–H groups in total. The zero-order valence-electron chi connectivity index (χ0n) is 11.2. The van der Waals surface area contributed by atoms with Crippen molar-refractivity contribution in [2.75, 3.05) is 11.9 Å². The Bertz CT molecular complexity index is 629. The van der Waals surface area contributed by atoms with Gasteiger partial charge in [0.15, 0.2) is 0 Å². The zero-order valence-corrected chi connectivity index (χ0v) is 12.8. The minimum Gasteiger partial charge on any atom is -0.378 e.